The van der Waals surface area contributed by atoms with E-state index >= 15 is 0 Å². The molecule has 0 aliphatic carbocycles. The van der Waals surface area contributed by atoms with E-state index in [4.69, 9.17) is 9.72 Å². The van der Waals surface area contributed by atoms with Crippen LogP contribution in [-0.2, 0) is 13.1 Å². The predicted octanol–water partition coefficient (Wildman–Crippen LogP) is 2.50. The van der Waals surface area contributed by atoms with Gasteiger partial charge in [0.25, 0.3) is 0 Å². The lowest BCUT2D eigenvalue weighted by molar-refractivity contribution is 0.306. The van der Waals surface area contributed by atoms with Gasteiger partial charge in [-0.25, -0.2) is 14.6 Å². The molecule has 4 rings (SSSR count). The highest BCUT2D eigenvalue weighted by atomic mass is 16.5. The molecule has 3 heterocycles. The Kier molecular flexibility index (Phi) is 4.01. The number of fused-ring (bicyclic) bond motifs is 3. The third-order valence-electron chi connectivity index (χ3n) is 4.33. The Hall–Kier alpha value is -2.67. The second-order valence-electron chi connectivity index (χ2n) is 6.47. The fourth-order valence-electron chi connectivity index (χ4n) is 3.16. The highest BCUT2D eigenvalue weighted by Crippen LogP contribution is 2.34. The van der Waals surface area contributed by atoms with E-state index < -0.39 is 0 Å². The third kappa shape index (κ3) is 2.80. The van der Waals surface area contributed by atoms with Crippen LogP contribution >= 0.6 is 0 Å². The molecule has 7 heteroatoms. The van der Waals surface area contributed by atoms with Crippen LogP contribution in [0.25, 0.3) is 22.9 Å². The van der Waals surface area contributed by atoms with E-state index in [-0.39, 0.29) is 6.04 Å². The molecule has 0 radical (unpaired) electrons. The third-order valence-corrected chi connectivity index (χ3v) is 4.33. The molecule has 130 valence electrons. The van der Waals surface area contributed by atoms with Gasteiger partial charge >= 0.3 is 0 Å². The lowest BCUT2D eigenvalue weighted by atomic mass is 10.1. The van der Waals surface area contributed by atoms with Crippen LogP contribution in [-0.4, -0.2) is 38.0 Å². The molecule has 0 fully saturated rings. The van der Waals surface area contributed by atoms with Crippen molar-refractivity contribution in [1.82, 2.24) is 29.6 Å². The maximum absolute atomic E-state index is 5.95. The maximum Gasteiger partial charge on any atom is 0.178 e. The highest BCUT2D eigenvalue weighted by Gasteiger charge is 2.21. The molecule has 1 aliphatic heterocycles. The molecular formula is C18H22N6O. The smallest absolute Gasteiger partial charge is 0.178 e. The van der Waals surface area contributed by atoms with Gasteiger partial charge in [-0.2, -0.15) is 5.10 Å². The minimum atomic E-state index is 0.235. The van der Waals surface area contributed by atoms with Crippen molar-refractivity contribution in [3.05, 3.63) is 36.3 Å². The first-order valence-corrected chi connectivity index (χ1v) is 8.55. The van der Waals surface area contributed by atoms with E-state index in [9.17, 15) is 0 Å². The van der Waals surface area contributed by atoms with Crippen molar-refractivity contribution in [3.8, 4) is 28.7 Å². The van der Waals surface area contributed by atoms with Crippen LogP contribution in [0.1, 0.15) is 25.5 Å². The summed E-state index contributed by atoms with van der Waals surface area (Å²) in [5.74, 6) is 2.59. The zero-order valence-electron chi connectivity index (χ0n) is 14.7. The van der Waals surface area contributed by atoms with Crippen LogP contribution in [0.3, 0.4) is 0 Å². The fourth-order valence-corrected chi connectivity index (χ4v) is 3.16. The molecular weight excluding hydrogens is 316 g/mol. The standard InChI is InChI=1S/C18H22N6O/c1-12(2)24-18(20-11-21-24)15-10-23-6-7-25-16-8-13(9-19-3)4-5-14(16)17(23)22-15/h4-5,8,10-12,19H,6-7,9H2,1-3H3. The van der Waals surface area contributed by atoms with Gasteiger partial charge < -0.3 is 14.6 Å². The summed E-state index contributed by atoms with van der Waals surface area (Å²) in [4.78, 5) is 9.26. The van der Waals surface area contributed by atoms with Gasteiger partial charge in [0, 0.05) is 18.8 Å². The van der Waals surface area contributed by atoms with Gasteiger partial charge in [0.1, 0.15) is 30.2 Å². The highest BCUT2D eigenvalue weighted by molar-refractivity contribution is 5.68. The first-order valence-electron chi connectivity index (χ1n) is 8.55. The summed E-state index contributed by atoms with van der Waals surface area (Å²) in [6.07, 6.45) is 3.62. The normalized spacial score (nSPS) is 13.3. The van der Waals surface area contributed by atoms with Crippen molar-refractivity contribution in [2.75, 3.05) is 13.7 Å². The minimum Gasteiger partial charge on any atom is -0.491 e. The lowest BCUT2D eigenvalue weighted by Gasteiger charge is -2.09. The number of hydrogen-bond donors (Lipinski definition) is 1. The van der Waals surface area contributed by atoms with Crippen molar-refractivity contribution in [2.45, 2.75) is 33.0 Å². The summed E-state index contributed by atoms with van der Waals surface area (Å²) in [6, 6.07) is 6.52. The Morgan fingerprint density at radius 3 is 2.96 bits per heavy atom. The fraction of sp³-hybridized carbons (Fsp3) is 0.389. The maximum atomic E-state index is 5.95. The quantitative estimate of drug-likeness (QED) is 0.791. The molecule has 0 saturated heterocycles. The van der Waals surface area contributed by atoms with E-state index in [0.29, 0.717) is 6.61 Å². The molecule has 1 N–H and O–H groups in total. The summed E-state index contributed by atoms with van der Waals surface area (Å²) >= 11 is 0. The summed E-state index contributed by atoms with van der Waals surface area (Å²) < 4.78 is 9.98. The molecule has 2 aromatic heterocycles. The molecule has 7 nitrogen and oxygen atoms in total. The zero-order chi connectivity index (χ0) is 17.4. The van der Waals surface area contributed by atoms with Crippen molar-refractivity contribution in [3.63, 3.8) is 0 Å². The number of benzene rings is 1. The van der Waals surface area contributed by atoms with Crippen LogP contribution in [0, 0.1) is 0 Å². The van der Waals surface area contributed by atoms with Crippen molar-refractivity contribution >= 4 is 0 Å². The number of nitrogens with zero attached hydrogens (tertiary/aromatic N) is 5. The van der Waals surface area contributed by atoms with Crippen LogP contribution in [0.2, 0.25) is 0 Å². The van der Waals surface area contributed by atoms with Gasteiger partial charge in [-0.05, 0) is 38.6 Å². The van der Waals surface area contributed by atoms with Gasteiger partial charge in [-0.15, -0.1) is 0 Å². The van der Waals surface area contributed by atoms with Gasteiger partial charge in [0.05, 0.1) is 12.1 Å². The van der Waals surface area contributed by atoms with Crippen LogP contribution < -0.4 is 10.1 Å². The zero-order valence-corrected chi connectivity index (χ0v) is 14.7. The average Bonchev–Trinajstić information content (AvgIpc) is 3.19. The Labute approximate surface area is 146 Å². The molecule has 0 unspecified atom stereocenters. The Bertz CT molecular complexity index is 895. The molecule has 0 amide bonds. The van der Waals surface area contributed by atoms with Crippen LogP contribution in [0.4, 0.5) is 0 Å². The number of ether oxygens (including phenoxy) is 1. The Morgan fingerprint density at radius 1 is 1.28 bits per heavy atom. The van der Waals surface area contributed by atoms with Crippen molar-refractivity contribution < 1.29 is 4.74 Å². The van der Waals surface area contributed by atoms with Crippen LogP contribution in [0.15, 0.2) is 30.7 Å². The Morgan fingerprint density at radius 2 is 2.16 bits per heavy atom. The molecule has 0 bridgehead atoms. The molecule has 1 aliphatic rings. The SMILES string of the molecule is CNCc1ccc2c(c1)OCCn1cc(-c3ncnn3C(C)C)nc1-2. The Balaban J connectivity index is 1.79. The number of hydrogen-bond acceptors (Lipinski definition) is 5. The van der Waals surface area contributed by atoms with Gasteiger partial charge in [-0.1, -0.05) is 6.07 Å². The average molecular weight is 338 g/mol. The molecule has 25 heavy (non-hydrogen) atoms. The number of imidazole rings is 1. The van der Waals surface area contributed by atoms with Crippen molar-refractivity contribution in [2.24, 2.45) is 0 Å². The molecule has 0 atom stereocenters. The number of rotatable bonds is 4. The van der Waals surface area contributed by atoms with Crippen LogP contribution in [0.5, 0.6) is 5.75 Å². The topological polar surface area (TPSA) is 69.8 Å². The molecule has 3 aromatic rings. The van der Waals surface area contributed by atoms with Crippen molar-refractivity contribution in [1.29, 1.82) is 0 Å². The second-order valence-corrected chi connectivity index (χ2v) is 6.47. The van der Waals surface area contributed by atoms with E-state index in [1.807, 2.05) is 17.9 Å². The summed E-state index contributed by atoms with van der Waals surface area (Å²) in [5, 5.41) is 7.49. The molecule has 1 aromatic carbocycles. The van der Waals surface area contributed by atoms with E-state index in [0.717, 1.165) is 41.7 Å². The molecule has 0 spiro atoms. The largest absolute Gasteiger partial charge is 0.491 e. The summed E-state index contributed by atoms with van der Waals surface area (Å²) in [6.45, 7) is 6.37. The first-order chi connectivity index (χ1) is 12.2. The lowest BCUT2D eigenvalue weighted by Crippen LogP contribution is -2.06. The number of nitrogens with one attached hydrogen (secondary N) is 1. The second kappa shape index (κ2) is 6.33. The predicted molar refractivity (Wildman–Crippen MR) is 95.3 cm³/mol. The monoisotopic (exact) mass is 338 g/mol. The van der Waals surface area contributed by atoms with Gasteiger partial charge in [-0.3, -0.25) is 0 Å². The number of aromatic nitrogens is 5. The summed E-state index contributed by atoms with van der Waals surface area (Å²) in [7, 11) is 1.94. The van der Waals surface area contributed by atoms with E-state index in [1.165, 1.54) is 5.56 Å². The summed E-state index contributed by atoms with van der Waals surface area (Å²) in [5.41, 5.74) is 3.05. The minimum absolute atomic E-state index is 0.235. The van der Waals surface area contributed by atoms with Gasteiger partial charge in [0.2, 0.25) is 0 Å². The van der Waals surface area contributed by atoms with Gasteiger partial charge in [0.15, 0.2) is 5.82 Å². The van der Waals surface area contributed by atoms with E-state index in [1.54, 1.807) is 6.33 Å². The first kappa shape index (κ1) is 15.8. The van der Waals surface area contributed by atoms with E-state index in [2.05, 4.69) is 52.0 Å². The molecule has 0 saturated carbocycles.